The fourth-order valence-electron chi connectivity index (χ4n) is 2.24. The third-order valence-electron chi connectivity index (χ3n) is 3.64. The van der Waals surface area contributed by atoms with Crippen LogP contribution in [0.15, 0.2) is 54.6 Å². The van der Waals surface area contributed by atoms with Gasteiger partial charge in [0.1, 0.15) is 5.01 Å². The van der Waals surface area contributed by atoms with Crippen molar-refractivity contribution in [2.45, 2.75) is 19.8 Å². The van der Waals surface area contributed by atoms with Crippen LogP contribution in [0.5, 0.6) is 0 Å². The molecule has 1 atom stereocenters. The number of benzene rings is 2. The van der Waals surface area contributed by atoms with Crippen molar-refractivity contribution in [1.29, 1.82) is 0 Å². The number of hydrogen-bond donors (Lipinski definition) is 2. The van der Waals surface area contributed by atoms with Gasteiger partial charge in [0.25, 0.3) is 0 Å². The number of nitrogens with one attached hydrogen (secondary N) is 2. The van der Waals surface area contributed by atoms with Crippen molar-refractivity contribution in [3.8, 4) is 0 Å². The molecule has 0 saturated heterocycles. The molecule has 0 spiro atoms. The molecule has 0 aliphatic carbocycles. The van der Waals surface area contributed by atoms with Crippen LogP contribution in [0.1, 0.15) is 29.0 Å². The van der Waals surface area contributed by atoms with Crippen LogP contribution in [-0.4, -0.2) is 16.2 Å². The fourth-order valence-corrected chi connectivity index (χ4v) is 3.06. The molecule has 0 aliphatic rings. The molecule has 0 bridgehead atoms. The number of aryl methyl sites for hydroxylation is 1. The molecule has 0 aliphatic heterocycles. The first-order valence-electron chi connectivity index (χ1n) is 7.65. The quantitative estimate of drug-likeness (QED) is 0.728. The van der Waals surface area contributed by atoms with Gasteiger partial charge in [0.05, 0.1) is 0 Å². The van der Waals surface area contributed by atoms with Gasteiger partial charge >= 0.3 is 6.03 Å². The molecule has 122 valence electrons. The molecule has 0 fully saturated rings. The Morgan fingerprint density at radius 2 is 1.71 bits per heavy atom. The molecular formula is C18H18N4OS. The summed E-state index contributed by atoms with van der Waals surface area (Å²) in [5.41, 5.74) is 3.05. The Labute approximate surface area is 144 Å². The third kappa shape index (κ3) is 3.97. The van der Waals surface area contributed by atoms with Gasteiger partial charge in [-0.1, -0.05) is 66.3 Å². The molecule has 5 nitrogen and oxygen atoms in total. The van der Waals surface area contributed by atoms with Crippen LogP contribution in [0.25, 0.3) is 0 Å². The fraction of sp³-hybridized carbons (Fsp3) is 0.167. The highest BCUT2D eigenvalue weighted by molar-refractivity contribution is 7.15. The maximum absolute atomic E-state index is 12.0. The minimum absolute atomic E-state index is 0.138. The van der Waals surface area contributed by atoms with Crippen LogP contribution in [0.4, 0.5) is 15.6 Å². The second-order valence-corrected chi connectivity index (χ2v) is 6.53. The van der Waals surface area contributed by atoms with Crippen molar-refractivity contribution in [3.63, 3.8) is 0 Å². The number of nitrogens with zero attached hydrogens (tertiary/aromatic N) is 2. The number of carbonyl (C=O) groups is 1. The van der Waals surface area contributed by atoms with E-state index in [2.05, 4.69) is 39.9 Å². The van der Waals surface area contributed by atoms with Crippen LogP contribution in [0.2, 0.25) is 0 Å². The minimum atomic E-state index is -0.325. The average Bonchev–Trinajstić information content (AvgIpc) is 3.05. The summed E-state index contributed by atoms with van der Waals surface area (Å²) in [6, 6.07) is 17.4. The molecule has 1 aromatic heterocycles. The first-order valence-corrected chi connectivity index (χ1v) is 8.46. The van der Waals surface area contributed by atoms with Crippen molar-refractivity contribution in [2.24, 2.45) is 0 Å². The predicted octanol–water partition coefficient (Wildman–Crippen LogP) is 4.64. The molecule has 2 amide bonds. The van der Waals surface area contributed by atoms with Crippen molar-refractivity contribution in [2.75, 3.05) is 10.6 Å². The van der Waals surface area contributed by atoms with Crippen LogP contribution in [0.3, 0.4) is 0 Å². The van der Waals surface area contributed by atoms with E-state index in [9.17, 15) is 4.79 Å². The molecule has 2 aromatic carbocycles. The van der Waals surface area contributed by atoms with Crippen molar-refractivity contribution in [1.82, 2.24) is 10.2 Å². The van der Waals surface area contributed by atoms with Gasteiger partial charge in [-0.15, -0.1) is 10.2 Å². The molecule has 0 radical (unpaired) electrons. The molecule has 0 saturated carbocycles. The second kappa shape index (κ2) is 7.23. The van der Waals surface area contributed by atoms with Gasteiger partial charge < -0.3 is 5.32 Å². The van der Waals surface area contributed by atoms with Gasteiger partial charge in [-0.25, -0.2) is 4.79 Å². The predicted molar refractivity (Wildman–Crippen MR) is 97.7 cm³/mol. The van der Waals surface area contributed by atoms with E-state index >= 15 is 0 Å². The number of aromatic nitrogens is 2. The SMILES string of the molecule is Cc1ccc(NC(=O)Nc2nnc([C@H](C)c3ccccc3)s2)cc1. The van der Waals surface area contributed by atoms with E-state index in [-0.39, 0.29) is 11.9 Å². The second-order valence-electron chi connectivity index (χ2n) is 5.52. The average molecular weight is 338 g/mol. The minimum Gasteiger partial charge on any atom is -0.308 e. The zero-order valence-electron chi connectivity index (χ0n) is 13.5. The monoisotopic (exact) mass is 338 g/mol. The lowest BCUT2D eigenvalue weighted by atomic mass is 10.0. The van der Waals surface area contributed by atoms with E-state index in [1.807, 2.05) is 49.4 Å². The first kappa shape index (κ1) is 16.1. The Balaban J connectivity index is 1.63. The van der Waals surface area contributed by atoms with E-state index in [0.29, 0.717) is 5.13 Å². The zero-order chi connectivity index (χ0) is 16.9. The highest BCUT2D eigenvalue weighted by atomic mass is 32.1. The highest BCUT2D eigenvalue weighted by Gasteiger charge is 2.15. The molecule has 3 aromatic rings. The number of rotatable bonds is 4. The van der Waals surface area contributed by atoms with Crippen LogP contribution < -0.4 is 10.6 Å². The molecule has 6 heteroatoms. The summed E-state index contributed by atoms with van der Waals surface area (Å²) in [5.74, 6) is 0.138. The summed E-state index contributed by atoms with van der Waals surface area (Å²) >= 11 is 1.38. The van der Waals surface area contributed by atoms with Crippen molar-refractivity contribution >= 4 is 28.2 Å². The molecule has 0 unspecified atom stereocenters. The van der Waals surface area contributed by atoms with E-state index in [1.165, 1.54) is 16.9 Å². The van der Waals surface area contributed by atoms with Crippen LogP contribution in [-0.2, 0) is 0 Å². The van der Waals surface area contributed by atoms with Gasteiger partial charge in [-0.2, -0.15) is 0 Å². The van der Waals surface area contributed by atoms with E-state index < -0.39 is 0 Å². The largest absolute Gasteiger partial charge is 0.325 e. The number of hydrogen-bond acceptors (Lipinski definition) is 4. The highest BCUT2D eigenvalue weighted by Crippen LogP contribution is 2.28. The maximum atomic E-state index is 12.0. The van der Waals surface area contributed by atoms with E-state index in [0.717, 1.165) is 16.3 Å². The van der Waals surface area contributed by atoms with Crippen molar-refractivity contribution < 1.29 is 4.79 Å². The molecular weight excluding hydrogens is 320 g/mol. The third-order valence-corrected chi connectivity index (χ3v) is 4.66. The molecule has 1 heterocycles. The molecule has 2 N–H and O–H groups in total. The Morgan fingerprint density at radius 1 is 1.00 bits per heavy atom. The van der Waals surface area contributed by atoms with Gasteiger partial charge in [-0.05, 0) is 24.6 Å². The van der Waals surface area contributed by atoms with Gasteiger partial charge in [0.2, 0.25) is 5.13 Å². The summed E-state index contributed by atoms with van der Waals surface area (Å²) in [6.07, 6.45) is 0. The number of anilines is 2. The normalized spacial score (nSPS) is 11.8. The number of carbonyl (C=O) groups excluding carboxylic acids is 1. The summed E-state index contributed by atoms with van der Waals surface area (Å²) < 4.78 is 0. The Kier molecular flexibility index (Phi) is 4.86. The van der Waals surface area contributed by atoms with Gasteiger partial charge in [0.15, 0.2) is 0 Å². The van der Waals surface area contributed by atoms with Crippen LogP contribution >= 0.6 is 11.3 Å². The lowest BCUT2D eigenvalue weighted by Crippen LogP contribution is -2.19. The van der Waals surface area contributed by atoms with E-state index in [1.54, 1.807) is 0 Å². The maximum Gasteiger partial charge on any atom is 0.325 e. The first-order chi connectivity index (χ1) is 11.6. The molecule has 24 heavy (non-hydrogen) atoms. The summed E-state index contributed by atoms with van der Waals surface area (Å²) in [6.45, 7) is 4.08. The summed E-state index contributed by atoms with van der Waals surface area (Å²) in [7, 11) is 0. The van der Waals surface area contributed by atoms with Crippen molar-refractivity contribution in [3.05, 3.63) is 70.7 Å². The zero-order valence-corrected chi connectivity index (χ0v) is 14.3. The van der Waals surface area contributed by atoms with Gasteiger partial charge in [0, 0.05) is 11.6 Å². The topological polar surface area (TPSA) is 66.9 Å². The standard InChI is InChI=1S/C18H18N4OS/c1-12-8-10-15(11-9-12)19-17(23)20-18-22-21-16(24-18)13(2)14-6-4-3-5-7-14/h3-11,13H,1-2H3,(H2,19,20,22,23)/t13-/m1/s1. The Bertz CT molecular complexity index is 815. The lowest BCUT2D eigenvalue weighted by Gasteiger charge is -2.07. The van der Waals surface area contributed by atoms with Crippen LogP contribution in [0, 0.1) is 6.92 Å². The summed E-state index contributed by atoms with van der Waals surface area (Å²) in [4.78, 5) is 12.0. The Hall–Kier alpha value is -2.73. The Morgan fingerprint density at radius 3 is 2.42 bits per heavy atom. The molecule has 3 rings (SSSR count). The number of urea groups is 1. The summed E-state index contributed by atoms with van der Waals surface area (Å²) in [5, 5.41) is 15.1. The lowest BCUT2D eigenvalue weighted by molar-refractivity contribution is 0.262. The van der Waals surface area contributed by atoms with E-state index in [4.69, 9.17) is 0 Å². The number of amides is 2. The van der Waals surface area contributed by atoms with Gasteiger partial charge in [-0.3, -0.25) is 5.32 Å². The smallest absolute Gasteiger partial charge is 0.308 e.